The third-order valence-electron chi connectivity index (χ3n) is 8.16. The second-order valence-corrected chi connectivity index (χ2v) is 11.6. The number of piperazine rings is 1. The molecule has 0 unspecified atom stereocenters. The minimum absolute atomic E-state index is 0.0247. The molecule has 42 heavy (non-hydrogen) atoms. The molecule has 214 valence electrons. The fourth-order valence-electron chi connectivity index (χ4n) is 5.88. The number of nitriles is 1. The number of anilines is 3. The molecule has 0 radical (unpaired) electrons. The van der Waals surface area contributed by atoms with Crippen molar-refractivity contribution in [1.82, 2.24) is 19.9 Å². The van der Waals surface area contributed by atoms with Gasteiger partial charge in [-0.2, -0.15) is 5.26 Å². The summed E-state index contributed by atoms with van der Waals surface area (Å²) < 4.78 is 24.8. The van der Waals surface area contributed by atoms with Crippen molar-refractivity contribution >= 4 is 44.8 Å². The van der Waals surface area contributed by atoms with Gasteiger partial charge in [-0.25, -0.2) is 19.3 Å². The Labute approximate surface area is 245 Å². The molecule has 0 bridgehead atoms. The molecular formula is C30H28FN7O3S. The first-order chi connectivity index (χ1) is 20.5. The van der Waals surface area contributed by atoms with Gasteiger partial charge in [-0.05, 0) is 36.8 Å². The molecule has 0 N–H and O–H groups in total. The minimum atomic E-state index is -0.344. The molecule has 1 amide bonds. The lowest BCUT2D eigenvalue weighted by molar-refractivity contribution is -0.135. The number of carbonyl (C=O) groups is 1. The average Bonchev–Trinajstić information content (AvgIpc) is 3.81. The van der Waals surface area contributed by atoms with Gasteiger partial charge >= 0.3 is 0 Å². The maximum Gasteiger partial charge on any atom is 0.228 e. The predicted octanol–water partition coefficient (Wildman–Crippen LogP) is 4.25. The molecule has 4 aromatic rings. The molecule has 1 aromatic carbocycles. The number of carbonyl (C=O) groups excluding carboxylic acids is 1. The number of nitrogens with zero attached hydrogens (tertiary/aromatic N) is 7. The van der Waals surface area contributed by atoms with Crippen LogP contribution in [0, 0.1) is 23.1 Å². The maximum absolute atomic E-state index is 13.6. The fourth-order valence-corrected chi connectivity index (χ4v) is 6.73. The summed E-state index contributed by atoms with van der Waals surface area (Å²) in [5.41, 5.74) is 5.46. The van der Waals surface area contributed by atoms with Gasteiger partial charge in [0.1, 0.15) is 22.5 Å². The number of rotatable bonds is 5. The number of ether oxygens (including phenoxy) is 2. The number of hydrogen-bond donors (Lipinski definition) is 0. The molecule has 3 aliphatic rings. The monoisotopic (exact) mass is 585 g/mol. The number of aromatic nitrogens is 3. The van der Waals surface area contributed by atoms with E-state index in [1.54, 1.807) is 12.1 Å². The Morgan fingerprint density at radius 2 is 1.95 bits per heavy atom. The highest BCUT2D eigenvalue weighted by atomic mass is 32.1. The van der Waals surface area contributed by atoms with Crippen molar-refractivity contribution in [3.05, 3.63) is 58.5 Å². The molecular weight excluding hydrogens is 557 g/mol. The zero-order valence-electron chi connectivity index (χ0n) is 23.0. The van der Waals surface area contributed by atoms with Gasteiger partial charge in [0.25, 0.3) is 0 Å². The van der Waals surface area contributed by atoms with E-state index in [-0.39, 0.29) is 17.6 Å². The van der Waals surface area contributed by atoms with Crippen molar-refractivity contribution in [1.29, 1.82) is 5.26 Å². The van der Waals surface area contributed by atoms with E-state index in [2.05, 4.69) is 17.0 Å². The van der Waals surface area contributed by atoms with Gasteiger partial charge in [0.2, 0.25) is 5.91 Å². The number of amides is 1. The van der Waals surface area contributed by atoms with Crippen molar-refractivity contribution in [3.8, 4) is 17.3 Å². The molecule has 12 heteroatoms. The zero-order chi connectivity index (χ0) is 28.8. The Hall–Kier alpha value is -4.18. The summed E-state index contributed by atoms with van der Waals surface area (Å²) in [4.78, 5) is 33.9. The van der Waals surface area contributed by atoms with Crippen molar-refractivity contribution < 1.29 is 18.7 Å². The van der Waals surface area contributed by atoms with Crippen LogP contribution in [0.4, 0.5) is 20.9 Å². The van der Waals surface area contributed by atoms with Crippen molar-refractivity contribution in [2.24, 2.45) is 5.92 Å². The minimum Gasteiger partial charge on any atom is -0.381 e. The number of hydrogen-bond acceptors (Lipinski definition) is 10. The molecule has 3 aliphatic heterocycles. The van der Waals surface area contributed by atoms with Crippen molar-refractivity contribution in [2.75, 3.05) is 56.2 Å². The second kappa shape index (κ2) is 10.9. The Morgan fingerprint density at radius 3 is 2.69 bits per heavy atom. The quantitative estimate of drug-likeness (QED) is 0.340. The van der Waals surface area contributed by atoms with Crippen LogP contribution < -0.4 is 9.80 Å². The SMILES string of the molecule is CN(c1nc(-c2ccc(F)cc2)c(C#N)s1)c1c2c(nc3ncc(N4CCN(C(=O)[C@@H]5CCOC5)CC4)cc13)COC2. The van der Waals surface area contributed by atoms with Crippen LogP contribution in [0.25, 0.3) is 22.3 Å². The van der Waals surface area contributed by atoms with E-state index < -0.39 is 0 Å². The smallest absolute Gasteiger partial charge is 0.228 e. The predicted molar refractivity (Wildman–Crippen MR) is 156 cm³/mol. The molecule has 2 fully saturated rings. The highest BCUT2D eigenvalue weighted by Gasteiger charge is 2.31. The van der Waals surface area contributed by atoms with E-state index in [0.29, 0.717) is 79.5 Å². The third kappa shape index (κ3) is 4.73. The van der Waals surface area contributed by atoms with Crippen LogP contribution in [0.2, 0.25) is 0 Å². The molecule has 0 aliphatic carbocycles. The second-order valence-electron chi connectivity index (χ2n) is 10.7. The Morgan fingerprint density at radius 1 is 1.14 bits per heavy atom. The molecule has 1 atom stereocenters. The van der Waals surface area contributed by atoms with Gasteiger partial charge in [-0.15, -0.1) is 0 Å². The summed E-state index contributed by atoms with van der Waals surface area (Å²) in [6.07, 6.45) is 2.64. The first-order valence-electron chi connectivity index (χ1n) is 13.9. The Kier molecular flexibility index (Phi) is 6.93. The Balaban J connectivity index is 1.22. The molecule has 3 aromatic heterocycles. The summed E-state index contributed by atoms with van der Waals surface area (Å²) in [7, 11) is 1.92. The lowest BCUT2D eigenvalue weighted by Gasteiger charge is -2.37. The summed E-state index contributed by atoms with van der Waals surface area (Å²) in [5.74, 6) is -0.181. The van der Waals surface area contributed by atoms with Crippen molar-refractivity contribution in [2.45, 2.75) is 19.6 Å². The normalized spacial score (nSPS) is 18.4. The molecule has 7 rings (SSSR count). The van der Waals surface area contributed by atoms with E-state index in [1.165, 1.54) is 23.5 Å². The number of halogens is 1. The Bertz CT molecular complexity index is 1710. The molecule has 0 saturated carbocycles. The lowest BCUT2D eigenvalue weighted by atomic mass is 10.1. The van der Waals surface area contributed by atoms with Crippen LogP contribution in [0.3, 0.4) is 0 Å². The van der Waals surface area contributed by atoms with Gasteiger partial charge in [0.05, 0.1) is 49.0 Å². The van der Waals surface area contributed by atoms with E-state index in [1.807, 2.05) is 23.0 Å². The van der Waals surface area contributed by atoms with E-state index in [9.17, 15) is 14.4 Å². The summed E-state index contributed by atoms with van der Waals surface area (Å²) in [6.45, 7) is 4.71. The average molecular weight is 586 g/mol. The first kappa shape index (κ1) is 26.7. The van der Waals surface area contributed by atoms with Gasteiger partial charge in [0, 0.05) is 56.3 Å². The van der Waals surface area contributed by atoms with Crippen LogP contribution in [0.5, 0.6) is 0 Å². The number of benzene rings is 1. The van der Waals surface area contributed by atoms with Gasteiger partial charge < -0.3 is 24.2 Å². The van der Waals surface area contributed by atoms with Crippen LogP contribution in [0.15, 0.2) is 36.5 Å². The highest BCUT2D eigenvalue weighted by Crippen LogP contribution is 2.42. The number of thiazole rings is 1. The van der Waals surface area contributed by atoms with Gasteiger partial charge in [0.15, 0.2) is 10.8 Å². The summed E-state index contributed by atoms with van der Waals surface area (Å²) in [5, 5.41) is 11.4. The van der Waals surface area contributed by atoms with E-state index in [0.717, 1.165) is 34.4 Å². The zero-order valence-corrected chi connectivity index (χ0v) is 23.9. The molecule has 0 spiro atoms. The molecule has 10 nitrogen and oxygen atoms in total. The van der Waals surface area contributed by atoms with Crippen molar-refractivity contribution in [3.63, 3.8) is 0 Å². The van der Waals surface area contributed by atoms with Crippen LogP contribution in [-0.4, -0.2) is 72.2 Å². The molecule has 6 heterocycles. The molecule has 2 saturated heterocycles. The standard InChI is InChI=1S/C30H28FN7O3S/c1-36(30-35-26(25(13-32)42-30)18-2-4-20(31)5-3-18)27-22-12-21(14-33-28(22)34-24-17-41-16-23(24)27)37-7-9-38(10-8-37)29(39)19-6-11-40-15-19/h2-5,12,14,19H,6-11,15-17H2,1H3/t19-/m1/s1. The van der Waals surface area contributed by atoms with Gasteiger partial charge in [-0.1, -0.05) is 11.3 Å². The van der Waals surface area contributed by atoms with Crippen LogP contribution >= 0.6 is 11.3 Å². The third-order valence-corrected chi connectivity index (χ3v) is 9.20. The van der Waals surface area contributed by atoms with Crippen LogP contribution in [-0.2, 0) is 27.5 Å². The summed E-state index contributed by atoms with van der Waals surface area (Å²) in [6, 6.07) is 10.3. The topological polar surface area (TPSA) is 108 Å². The van der Waals surface area contributed by atoms with E-state index >= 15 is 0 Å². The lowest BCUT2D eigenvalue weighted by Crippen LogP contribution is -2.50. The number of pyridine rings is 2. The largest absolute Gasteiger partial charge is 0.381 e. The maximum atomic E-state index is 13.6. The highest BCUT2D eigenvalue weighted by molar-refractivity contribution is 7.16. The number of fused-ring (bicyclic) bond motifs is 2. The summed E-state index contributed by atoms with van der Waals surface area (Å²) >= 11 is 1.28. The first-order valence-corrected chi connectivity index (χ1v) is 14.7. The van der Waals surface area contributed by atoms with Crippen LogP contribution in [0.1, 0.15) is 22.6 Å². The van der Waals surface area contributed by atoms with Gasteiger partial charge in [-0.3, -0.25) is 4.79 Å². The van der Waals surface area contributed by atoms with E-state index in [4.69, 9.17) is 24.4 Å². The fraction of sp³-hybridized carbons (Fsp3) is 0.367.